The molecule has 0 radical (unpaired) electrons. The fourth-order valence-electron chi connectivity index (χ4n) is 2.33. The number of carbonyl (C=O) groups is 1. The number of benzene rings is 3. The lowest BCUT2D eigenvalue weighted by Gasteiger charge is -2.07. The zero-order valence-electron chi connectivity index (χ0n) is 12.5. The predicted molar refractivity (Wildman–Crippen MR) is 86.6 cm³/mol. The Morgan fingerprint density at radius 3 is 2.32 bits per heavy atom. The lowest BCUT2D eigenvalue weighted by atomic mass is 10.1. The molecule has 0 aliphatic carbocycles. The second kappa shape index (κ2) is 5.90. The highest BCUT2D eigenvalue weighted by atomic mass is 16.5. The van der Waals surface area contributed by atoms with Gasteiger partial charge in [0.15, 0.2) is 0 Å². The average molecular weight is 292 g/mol. The maximum atomic E-state index is 12.2. The number of hydrogen-bond donors (Lipinski definition) is 0. The van der Waals surface area contributed by atoms with Crippen molar-refractivity contribution < 1.29 is 14.3 Å². The van der Waals surface area contributed by atoms with Gasteiger partial charge in [-0.25, -0.2) is 4.79 Å². The van der Waals surface area contributed by atoms with Crippen molar-refractivity contribution in [2.75, 3.05) is 7.11 Å². The van der Waals surface area contributed by atoms with Crippen molar-refractivity contribution in [2.24, 2.45) is 0 Å². The second-order valence-electron chi connectivity index (χ2n) is 5.13. The lowest BCUT2D eigenvalue weighted by molar-refractivity contribution is 0.0735. The molecule has 0 amide bonds. The first-order valence-electron chi connectivity index (χ1n) is 7.02. The summed E-state index contributed by atoms with van der Waals surface area (Å²) in [5.41, 5.74) is 1.57. The van der Waals surface area contributed by atoms with Crippen molar-refractivity contribution in [1.82, 2.24) is 0 Å². The number of methoxy groups -OCH3 is 1. The van der Waals surface area contributed by atoms with Crippen LogP contribution in [-0.4, -0.2) is 13.1 Å². The van der Waals surface area contributed by atoms with Gasteiger partial charge in [-0.3, -0.25) is 0 Å². The van der Waals surface area contributed by atoms with Crippen molar-refractivity contribution in [3.8, 4) is 11.5 Å². The molecular formula is C19H16O3. The number of hydrogen-bond acceptors (Lipinski definition) is 3. The Bertz CT molecular complexity index is 837. The van der Waals surface area contributed by atoms with Gasteiger partial charge >= 0.3 is 5.97 Å². The van der Waals surface area contributed by atoms with Gasteiger partial charge in [-0.15, -0.1) is 0 Å². The maximum absolute atomic E-state index is 12.2. The second-order valence-corrected chi connectivity index (χ2v) is 5.13. The van der Waals surface area contributed by atoms with Crippen LogP contribution in [0.15, 0.2) is 60.7 Å². The van der Waals surface area contributed by atoms with E-state index in [1.165, 1.54) is 0 Å². The topological polar surface area (TPSA) is 35.5 Å². The number of carbonyl (C=O) groups excluding carboxylic acids is 1. The molecule has 0 fully saturated rings. The standard InChI is InChI=1S/C19H16O3/c1-13-4-3-5-15(10-13)19(20)22-18-9-7-14-6-8-17(21-2)11-16(14)12-18/h3-12H,1-2H3. The molecule has 3 heteroatoms. The van der Waals surface area contributed by atoms with Crippen molar-refractivity contribution in [2.45, 2.75) is 6.92 Å². The monoisotopic (exact) mass is 292 g/mol. The molecule has 0 spiro atoms. The quantitative estimate of drug-likeness (QED) is 0.531. The minimum atomic E-state index is -0.356. The van der Waals surface area contributed by atoms with Crippen LogP contribution in [0.2, 0.25) is 0 Å². The highest BCUT2D eigenvalue weighted by Gasteiger charge is 2.09. The van der Waals surface area contributed by atoms with Crippen LogP contribution in [0.25, 0.3) is 10.8 Å². The van der Waals surface area contributed by atoms with E-state index in [-0.39, 0.29) is 5.97 Å². The van der Waals surface area contributed by atoms with Crippen molar-refractivity contribution in [1.29, 1.82) is 0 Å². The Hall–Kier alpha value is -2.81. The molecule has 0 bridgehead atoms. The molecule has 110 valence electrons. The molecule has 22 heavy (non-hydrogen) atoms. The summed E-state index contributed by atoms with van der Waals surface area (Å²) in [5.74, 6) is 0.938. The van der Waals surface area contributed by atoms with E-state index >= 15 is 0 Å². The molecule has 0 aromatic heterocycles. The summed E-state index contributed by atoms with van der Waals surface area (Å²) in [7, 11) is 1.63. The van der Waals surface area contributed by atoms with Gasteiger partial charge < -0.3 is 9.47 Å². The zero-order valence-corrected chi connectivity index (χ0v) is 12.5. The van der Waals surface area contributed by atoms with E-state index in [2.05, 4.69) is 0 Å². The molecule has 0 unspecified atom stereocenters. The summed E-state index contributed by atoms with van der Waals surface area (Å²) in [5, 5.41) is 2.03. The van der Waals surface area contributed by atoms with Crippen LogP contribution >= 0.6 is 0 Å². The summed E-state index contributed by atoms with van der Waals surface area (Å²) in [6.07, 6.45) is 0. The van der Waals surface area contributed by atoms with Gasteiger partial charge in [-0.1, -0.05) is 29.8 Å². The normalized spacial score (nSPS) is 10.5. The van der Waals surface area contributed by atoms with Crippen molar-refractivity contribution in [3.63, 3.8) is 0 Å². The maximum Gasteiger partial charge on any atom is 0.343 e. The van der Waals surface area contributed by atoms with E-state index in [0.29, 0.717) is 11.3 Å². The first kappa shape index (κ1) is 14.1. The summed E-state index contributed by atoms with van der Waals surface area (Å²) >= 11 is 0. The summed E-state index contributed by atoms with van der Waals surface area (Å²) in [4.78, 5) is 12.2. The minimum Gasteiger partial charge on any atom is -0.497 e. The Morgan fingerprint density at radius 1 is 0.864 bits per heavy atom. The molecule has 3 rings (SSSR count). The molecule has 3 aromatic carbocycles. The van der Waals surface area contributed by atoms with Gasteiger partial charge in [0.25, 0.3) is 0 Å². The molecule has 0 saturated carbocycles. The summed E-state index contributed by atoms with van der Waals surface area (Å²) < 4.78 is 10.7. The van der Waals surface area contributed by atoms with Crippen LogP contribution in [-0.2, 0) is 0 Å². The fraction of sp³-hybridized carbons (Fsp3) is 0.105. The molecule has 3 nitrogen and oxygen atoms in total. The van der Waals surface area contributed by atoms with E-state index in [1.54, 1.807) is 19.2 Å². The van der Waals surface area contributed by atoms with E-state index in [4.69, 9.17) is 9.47 Å². The third-order valence-corrected chi connectivity index (χ3v) is 3.48. The average Bonchev–Trinajstić information content (AvgIpc) is 2.54. The molecule has 0 heterocycles. The third-order valence-electron chi connectivity index (χ3n) is 3.48. The number of ether oxygens (including phenoxy) is 2. The van der Waals surface area contributed by atoms with Crippen LogP contribution in [0, 0.1) is 6.92 Å². The number of aryl methyl sites for hydroxylation is 1. The van der Waals surface area contributed by atoms with E-state index < -0.39 is 0 Å². The van der Waals surface area contributed by atoms with Gasteiger partial charge in [-0.2, -0.15) is 0 Å². The number of fused-ring (bicyclic) bond motifs is 1. The largest absolute Gasteiger partial charge is 0.497 e. The SMILES string of the molecule is COc1ccc2ccc(OC(=O)c3cccc(C)c3)cc2c1. The van der Waals surface area contributed by atoms with Gasteiger partial charge in [0, 0.05) is 0 Å². The Morgan fingerprint density at radius 2 is 1.59 bits per heavy atom. The Balaban J connectivity index is 1.88. The third kappa shape index (κ3) is 2.93. The molecule has 0 saturated heterocycles. The molecule has 0 aliphatic rings. The van der Waals surface area contributed by atoms with Crippen molar-refractivity contribution in [3.05, 3.63) is 71.8 Å². The smallest absolute Gasteiger partial charge is 0.343 e. The highest BCUT2D eigenvalue weighted by molar-refractivity contribution is 5.92. The Labute approximate surface area is 129 Å². The molecule has 0 aliphatic heterocycles. The molecule has 3 aromatic rings. The Kier molecular flexibility index (Phi) is 3.79. The first-order chi connectivity index (χ1) is 10.7. The fourth-order valence-corrected chi connectivity index (χ4v) is 2.33. The van der Waals surface area contributed by atoms with Crippen LogP contribution < -0.4 is 9.47 Å². The molecule has 0 N–H and O–H groups in total. The summed E-state index contributed by atoms with van der Waals surface area (Å²) in [6, 6.07) is 18.7. The predicted octanol–water partition coefficient (Wildman–Crippen LogP) is 4.38. The van der Waals surface area contributed by atoms with Crippen LogP contribution in [0.5, 0.6) is 11.5 Å². The minimum absolute atomic E-state index is 0.356. The van der Waals surface area contributed by atoms with Crippen LogP contribution in [0.4, 0.5) is 0 Å². The first-order valence-corrected chi connectivity index (χ1v) is 7.02. The van der Waals surface area contributed by atoms with Gasteiger partial charge in [0.2, 0.25) is 0 Å². The summed E-state index contributed by atoms with van der Waals surface area (Å²) in [6.45, 7) is 1.94. The van der Waals surface area contributed by atoms with Gasteiger partial charge in [0.05, 0.1) is 12.7 Å². The van der Waals surface area contributed by atoms with E-state index in [9.17, 15) is 4.79 Å². The lowest BCUT2D eigenvalue weighted by Crippen LogP contribution is -2.08. The molecular weight excluding hydrogens is 276 g/mol. The van der Waals surface area contributed by atoms with Gasteiger partial charge in [0.1, 0.15) is 11.5 Å². The van der Waals surface area contributed by atoms with Crippen molar-refractivity contribution >= 4 is 16.7 Å². The highest BCUT2D eigenvalue weighted by Crippen LogP contribution is 2.25. The molecule has 0 atom stereocenters. The number of esters is 1. The number of rotatable bonds is 3. The van der Waals surface area contributed by atoms with Crippen LogP contribution in [0.3, 0.4) is 0 Å². The van der Waals surface area contributed by atoms with Gasteiger partial charge in [-0.05, 0) is 54.1 Å². The van der Waals surface area contributed by atoms with E-state index in [0.717, 1.165) is 22.1 Å². The van der Waals surface area contributed by atoms with Crippen LogP contribution in [0.1, 0.15) is 15.9 Å². The zero-order chi connectivity index (χ0) is 15.5. The van der Waals surface area contributed by atoms with E-state index in [1.807, 2.05) is 55.5 Å².